The second-order valence-electron chi connectivity index (χ2n) is 6.67. The number of hydrogen-bond acceptors (Lipinski definition) is 3. The molecule has 0 saturated heterocycles. The molecule has 0 unspecified atom stereocenters. The number of thiol groups is 1. The van der Waals surface area contributed by atoms with Gasteiger partial charge in [-0.1, -0.05) is 73.5 Å². The SMILES string of the molecule is SCCCCCCSc1ccc(N=C(c2ccccc2)c2ccccc2)cc1. The third kappa shape index (κ3) is 6.57. The number of aliphatic imine (C=N–C) groups is 1. The molecule has 0 heterocycles. The van der Waals surface area contributed by atoms with Crippen LogP contribution in [0.15, 0.2) is 94.8 Å². The van der Waals surface area contributed by atoms with Crippen molar-refractivity contribution in [2.45, 2.75) is 30.6 Å². The van der Waals surface area contributed by atoms with Gasteiger partial charge in [0.05, 0.1) is 11.4 Å². The lowest BCUT2D eigenvalue weighted by molar-refractivity contribution is 0.712. The number of rotatable bonds is 10. The van der Waals surface area contributed by atoms with E-state index in [0.717, 1.165) is 28.3 Å². The molecule has 0 aliphatic rings. The minimum Gasteiger partial charge on any atom is -0.248 e. The van der Waals surface area contributed by atoms with Crippen LogP contribution in [0.4, 0.5) is 5.69 Å². The second kappa shape index (κ2) is 11.8. The van der Waals surface area contributed by atoms with E-state index in [9.17, 15) is 0 Å². The van der Waals surface area contributed by atoms with E-state index in [2.05, 4.69) is 85.4 Å². The summed E-state index contributed by atoms with van der Waals surface area (Å²) < 4.78 is 0. The summed E-state index contributed by atoms with van der Waals surface area (Å²) in [4.78, 5) is 6.28. The van der Waals surface area contributed by atoms with Crippen molar-refractivity contribution >= 4 is 35.8 Å². The van der Waals surface area contributed by atoms with E-state index in [4.69, 9.17) is 4.99 Å². The maximum absolute atomic E-state index is 4.97. The zero-order chi connectivity index (χ0) is 19.4. The molecule has 0 spiro atoms. The Morgan fingerprint density at radius 2 is 1.25 bits per heavy atom. The predicted octanol–water partition coefficient (Wildman–Crippen LogP) is 7.44. The Balaban J connectivity index is 1.69. The maximum Gasteiger partial charge on any atom is 0.0781 e. The van der Waals surface area contributed by atoms with Gasteiger partial charge in [-0.05, 0) is 48.6 Å². The van der Waals surface area contributed by atoms with Crippen LogP contribution in [0.2, 0.25) is 0 Å². The van der Waals surface area contributed by atoms with Gasteiger partial charge < -0.3 is 0 Å². The fourth-order valence-electron chi connectivity index (χ4n) is 2.99. The van der Waals surface area contributed by atoms with Gasteiger partial charge in [0.25, 0.3) is 0 Å². The zero-order valence-corrected chi connectivity index (χ0v) is 17.8. The first-order chi connectivity index (χ1) is 13.9. The van der Waals surface area contributed by atoms with Crippen LogP contribution in [0.3, 0.4) is 0 Å². The molecule has 0 fully saturated rings. The van der Waals surface area contributed by atoms with Gasteiger partial charge in [0.2, 0.25) is 0 Å². The van der Waals surface area contributed by atoms with Crippen LogP contribution in [0.25, 0.3) is 0 Å². The van der Waals surface area contributed by atoms with E-state index >= 15 is 0 Å². The highest BCUT2D eigenvalue weighted by Crippen LogP contribution is 2.24. The molecule has 0 aromatic heterocycles. The summed E-state index contributed by atoms with van der Waals surface area (Å²) in [6.45, 7) is 0. The van der Waals surface area contributed by atoms with Gasteiger partial charge in [-0.25, -0.2) is 4.99 Å². The molecule has 144 valence electrons. The fourth-order valence-corrected chi connectivity index (χ4v) is 4.13. The van der Waals surface area contributed by atoms with Crippen LogP contribution in [0, 0.1) is 0 Å². The molecule has 0 aliphatic heterocycles. The van der Waals surface area contributed by atoms with Gasteiger partial charge in [-0.2, -0.15) is 12.6 Å². The Bertz CT molecular complexity index is 801. The van der Waals surface area contributed by atoms with Crippen LogP contribution in [-0.2, 0) is 0 Å². The van der Waals surface area contributed by atoms with E-state index < -0.39 is 0 Å². The highest BCUT2D eigenvalue weighted by Gasteiger charge is 2.06. The summed E-state index contributed by atoms with van der Waals surface area (Å²) in [5, 5.41) is 0. The van der Waals surface area contributed by atoms with Crippen LogP contribution in [-0.4, -0.2) is 17.2 Å². The highest BCUT2D eigenvalue weighted by molar-refractivity contribution is 7.99. The van der Waals surface area contributed by atoms with E-state index in [-0.39, 0.29) is 0 Å². The Morgan fingerprint density at radius 1 is 0.679 bits per heavy atom. The molecule has 0 N–H and O–H groups in total. The van der Waals surface area contributed by atoms with Crippen LogP contribution in [0.1, 0.15) is 36.8 Å². The van der Waals surface area contributed by atoms with Crippen molar-refractivity contribution in [1.82, 2.24) is 0 Å². The Morgan fingerprint density at radius 3 is 1.82 bits per heavy atom. The monoisotopic (exact) mass is 405 g/mol. The van der Waals surface area contributed by atoms with Crippen molar-refractivity contribution in [3.8, 4) is 0 Å². The van der Waals surface area contributed by atoms with Gasteiger partial charge in [0.1, 0.15) is 0 Å². The third-order valence-electron chi connectivity index (χ3n) is 4.49. The normalized spacial score (nSPS) is 10.6. The molecule has 0 aliphatic carbocycles. The number of unbranched alkanes of at least 4 members (excludes halogenated alkanes) is 3. The number of thioether (sulfide) groups is 1. The summed E-state index contributed by atoms with van der Waals surface area (Å²) in [5.74, 6) is 2.18. The summed E-state index contributed by atoms with van der Waals surface area (Å²) in [7, 11) is 0. The number of hydrogen-bond donors (Lipinski definition) is 1. The molecule has 3 aromatic rings. The lowest BCUT2D eigenvalue weighted by atomic mass is 10.0. The fraction of sp³-hybridized carbons (Fsp3) is 0.240. The van der Waals surface area contributed by atoms with Crippen LogP contribution < -0.4 is 0 Å². The standard InChI is InChI=1S/C25H27NS2/c27-19-9-1-2-10-20-28-24-17-15-23(16-18-24)26-25(21-11-5-3-6-12-21)22-13-7-4-8-14-22/h3-8,11-18,27H,1-2,9-10,19-20H2. The summed E-state index contributed by atoms with van der Waals surface area (Å²) >= 11 is 6.20. The second-order valence-corrected chi connectivity index (χ2v) is 8.29. The molecule has 28 heavy (non-hydrogen) atoms. The van der Waals surface area contributed by atoms with E-state index in [1.54, 1.807) is 0 Å². The maximum atomic E-state index is 4.97. The van der Waals surface area contributed by atoms with Crippen LogP contribution >= 0.6 is 24.4 Å². The average molecular weight is 406 g/mol. The quantitative estimate of drug-likeness (QED) is 0.160. The molecule has 1 nitrogen and oxygen atoms in total. The molecule has 3 heteroatoms. The van der Waals surface area contributed by atoms with Crippen molar-refractivity contribution in [2.75, 3.05) is 11.5 Å². The molecule has 0 atom stereocenters. The van der Waals surface area contributed by atoms with Crippen molar-refractivity contribution in [2.24, 2.45) is 4.99 Å². The van der Waals surface area contributed by atoms with E-state index in [0.29, 0.717) is 0 Å². The van der Waals surface area contributed by atoms with Crippen LogP contribution in [0.5, 0.6) is 0 Å². The first-order valence-electron chi connectivity index (χ1n) is 9.90. The Hall–Kier alpha value is -1.97. The molecule has 3 rings (SSSR count). The molecule has 0 radical (unpaired) electrons. The van der Waals surface area contributed by atoms with Crippen molar-refractivity contribution < 1.29 is 0 Å². The van der Waals surface area contributed by atoms with Gasteiger partial charge in [0.15, 0.2) is 0 Å². The zero-order valence-electron chi connectivity index (χ0n) is 16.1. The molecular formula is C25H27NS2. The molecule has 0 amide bonds. The van der Waals surface area contributed by atoms with Gasteiger partial charge >= 0.3 is 0 Å². The summed E-state index contributed by atoms with van der Waals surface area (Å²) in [5.41, 5.74) is 4.26. The van der Waals surface area contributed by atoms with Gasteiger partial charge in [-0.15, -0.1) is 11.8 Å². The van der Waals surface area contributed by atoms with E-state index in [1.807, 2.05) is 23.9 Å². The number of nitrogens with zero attached hydrogens (tertiary/aromatic N) is 1. The van der Waals surface area contributed by atoms with Gasteiger partial charge in [-0.3, -0.25) is 0 Å². The van der Waals surface area contributed by atoms with Crippen molar-refractivity contribution in [3.63, 3.8) is 0 Å². The molecule has 0 bridgehead atoms. The largest absolute Gasteiger partial charge is 0.248 e. The lowest BCUT2D eigenvalue weighted by Crippen LogP contribution is -2.02. The Labute approximate surface area is 178 Å². The van der Waals surface area contributed by atoms with Gasteiger partial charge in [0, 0.05) is 16.0 Å². The Kier molecular flexibility index (Phi) is 8.73. The molecule has 0 saturated carbocycles. The first-order valence-corrected chi connectivity index (χ1v) is 11.5. The topological polar surface area (TPSA) is 12.4 Å². The van der Waals surface area contributed by atoms with E-state index in [1.165, 1.54) is 36.3 Å². The van der Waals surface area contributed by atoms with Crippen molar-refractivity contribution in [1.29, 1.82) is 0 Å². The predicted molar refractivity (Wildman–Crippen MR) is 128 cm³/mol. The minimum absolute atomic E-state index is 0.987. The summed E-state index contributed by atoms with van der Waals surface area (Å²) in [6.07, 6.45) is 5.09. The molecule has 3 aromatic carbocycles. The van der Waals surface area contributed by atoms with Crippen molar-refractivity contribution in [3.05, 3.63) is 96.1 Å². The minimum atomic E-state index is 0.987. The highest BCUT2D eigenvalue weighted by atomic mass is 32.2. The smallest absolute Gasteiger partial charge is 0.0781 e. The molecular weight excluding hydrogens is 378 g/mol. The lowest BCUT2D eigenvalue weighted by Gasteiger charge is -2.08. The average Bonchev–Trinajstić information content (AvgIpc) is 2.76. The third-order valence-corrected chi connectivity index (χ3v) is 5.91. The first kappa shape index (κ1) is 20.8. The number of benzene rings is 3. The summed E-state index contributed by atoms with van der Waals surface area (Å²) in [6, 6.07) is 29.4.